The number of hydrogen-bond acceptors (Lipinski definition) is 2. The highest BCUT2D eigenvalue weighted by atomic mass is 15.3. The van der Waals surface area contributed by atoms with E-state index in [1.807, 2.05) is 13.8 Å². The zero-order valence-electron chi connectivity index (χ0n) is 5.73. The third kappa shape index (κ3) is 4.80. The van der Waals surface area contributed by atoms with Gasteiger partial charge in [-0.3, -0.25) is 5.41 Å². The summed E-state index contributed by atoms with van der Waals surface area (Å²) in [5, 5.41) is 10.5. The summed E-state index contributed by atoms with van der Waals surface area (Å²) in [5.41, 5.74) is 8.24. The summed E-state index contributed by atoms with van der Waals surface area (Å²) in [6.45, 7) is 3.86. The van der Waals surface area contributed by atoms with Crippen LogP contribution in [0.25, 0.3) is 0 Å². The largest absolute Gasteiger partial charge is 0.369 e. The molecule has 0 aliphatic heterocycles. The van der Waals surface area contributed by atoms with Crippen molar-refractivity contribution in [1.82, 2.24) is 5.43 Å². The van der Waals surface area contributed by atoms with E-state index in [2.05, 4.69) is 10.5 Å². The summed E-state index contributed by atoms with van der Waals surface area (Å²) in [4.78, 5) is 0. The van der Waals surface area contributed by atoms with E-state index in [-0.39, 0.29) is 5.96 Å². The Morgan fingerprint density at radius 3 is 2.67 bits per heavy atom. The molecule has 0 radical (unpaired) electrons. The predicted molar refractivity (Wildman–Crippen MR) is 38.4 cm³/mol. The minimum Gasteiger partial charge on any atom is -0.369 e. The summed E-state index contributed by atoms with van der Waals surface area (Å²) in [6.07, 6.45) is 0.875. The van der Waals surface area contributed by atoms with Crippen LogP contribution in [0.15, 0.2) is 5.10 Å². The van der Waals surface area contributed by atoms with Gasteiger partial charge in [-0.15, -0.1) is 0 Å². The fourth-order valence-corrected chi connectivity index (χ4v) is 0.235. The zero-order chi connectivity index (χ0) is 7.28. The van der Waals surface area contributed by atoms with Crippen LogP contribution in [-0.4, -0.2) is 11.7 Å². The molecule has 0 unspecified atom stereocenters. The van der Waals surface area contributed by atoms with E-state index in [9.17, 15) is 0 Å². The van der Waals surface area contributed by atoms with Gasteiger partial charge in [0, 0.05) is 5.71 Å². The van der Waals surface area contributed by atoms with E-state index >= 15 is 0 Å². The highest BCUT2D eigenvalue weighted by Gasteiger charge is 1.83. The number of hydrogen-bond donors (Lipinski definition) is 3. The Bertz CT molecular complexity index is 127. The van der Waals surface area contributed by atoms with Crippen LogP contribution in [0.1, 0.15) is 20.3 Å². The lowest BCUT2D eigenvalue weighted by Gasteiger charge is -1.95. The van der Waals surface area contributed by atoms with Gasteiger partial charge in [-0.05, 0) is 13.3 Å². The Morgan fingerprint density at radius 2 is 2.33 bits per heavy atom. The smallest absolute Gasteiger partial charge is 0.206 e. The van der Waals surface area contributed by atoms with E-state index in [0.29, 0.717) is 0 Å². The maximum absolute atomic E-state index is 6.72. The number of nitrogens with zero attached hydrogens (tertiary/aromatic N) is 1. The first-order valence-corrected chi connectivity index (χ1v) is 2.80. The summed E-state index contributed by atoms with van der Waals surface area (Å²) < 4.78 is 0. The Kier molecular flexibility index (Phi) is 3.43. The minimum absolute atomic E-state index is 0.122. The second-order valence-corrected chi connectivity index (χ2v) is 1.73. The molecule has 4 heteroatoms. The molecular weight excluding hydrogens is 116 g/mol. The fourth-order valence-electron chi connectivity index (χ4n) is 0.235. The van der Waals surface area contributed by atoms with Crippen molar-refractivity contribution in [3.05, 3.63) is 0 Å². The number of nitrogens with one attached hydrogen (secondary N) is 2. The lowest BCUT2D eigenvalue weighted by atomic mass is 10.3. The number of rotatable bonds is 2. The first kappa shape index (κ1) is 7.94. The van der Waals surface area contributed by atoms with Crippen LogP contribution < -0.4 is 11.2 Å². The van der Waals surface area contributed by atoms with Crippen LogP contribution in [0, 0.1) is 5.41 Å². The molecular formula is C5H12N4. The van der Waals surface area contributed by atoms with Crippen molar-refractivity contribution < 1.29 is 0 Å². The first-order valence-electron chi connectivity index (χ1n) is 2.80. The lowest BCUT2D eigenvalue weighted by molar-refractivity contribution is 0.977. The van der Waals surface area contributed by atoms with Crippen LogP contribution in [0.2, 0.25) is 0 Å². The maximum Gasteiger partial charge on any atom is 0.206 e. The van der Waals surface area contributed by atoms with Gasteiger partial charge in [-0.25, -0.2) is 5.43 Å². The van der Waals surface area contributed by atoms with Crippen LogP contribution in [0.4, 0.5) is 0 Å². The molecule has 0 aromatic carbocycles. The standard InChI is InChI=1S/C5H12N4/c1-3-4(2)8-9-5(6)7/h3H2,1-2H3,(H4,6,7,9). The Labute approximate surface area is 54.6 Å². The SMILES string of the molecule is CCC(C)=NNC(=N)N. The molecule has 4 nitrogen and oxygen atoms in total. The Morgan fingerprint density at radius 1 is 1.78 bits per heavy atom. The van der Waals surface area contributed by atoms with Crippen molar-refractivity contribution in [3.63, 3.8) is 0 Å². The molecule has 0 aliphatic carbocycles. The molecule has 0 saturated carbocycles. The molecule has 0 spiro atoms. The van der Waals surface area contributed by atoms with Crippen molar-refractivity contribution in [2.24, 2.45) is 10.8 Å². The summed E-state index contributed by atoms with van der Waals surface area (Å²) >= 11 is 0. The third-order valence-corrected chi connectivity index (χ3v) is 0.879. The normalized spacial score (nSPS) is 11.1. The minimum atomic E-state index is -0.122. The second-order valence-electron chi connectivity index (χ2n) is 1.73. The quantitative estimate of drug-likeness (QED) is 0.283. The van der Waals surface area contributed by atoms with Crippen molar-refractivity contribution in [2.75, 3.05) is 0 Å². The topological polar surface area (TPSA) is 74.3 Å². The molecule has 0 fully saturated rings. The second kappa shape index (κ2) is 3.88. The van der Waals surface area contributed by atoms with Gasteiger partial charge in [-0.2, -0.15) is 5.10 Å². The molecule has 0 aromatic rings. The molecule has 52 valence electrons. The average Bonchev–Trinajstić information content (AvgIpc) is 1.83. The van der Waals surface area contributed by atoms with Crippen LogP contribution in [0.5, 0.6) is 0 Å². The van der Waals surface area contributed by atoms with Crippen LogP contribution >= 0.6 is 0 Å². The van der Waals surface area contributed by atoms with Crippen molar-refractivity contribution in [1.29, 1.82) is 5.41 Å². The molecule has 4 N–H and O–H groups in total. The molecule has 0 heterocycles. The van der Waals surface area contributed by atoms with Gasteiger partial charge in [0.25, 0.3) is 0 Å². The van der Waals surface area contributed by atoms with E-state index in [0.717, 1.165) is 12.1 Å². The summed E-state index contributed by atoms with van der Waals surface area (Å²) in [7, 11) is 0. The van der Waals surface area contributed by atoms with E-state index < -0.39 is 0 Å². The molecule has 0 amide bonds. The van der Waals surface area contributed by atoms with Gasteiger partial charge in [-0.1, -0.05) is 6.92 Å². The van der Waals surface area contributed by atoms with Crippen molar-refractivity contribution in [2.45, 2.75) is 20.3 Å². The van der Waals surface area contributed by atoms with Crippen LogP contribution in [-0.2, 0) is 0 Å². The average molecular weight is 128 g/mol. The lowest BCUT2D eigenvalue weighted by Crippen LogP contribution is -2.26. The highest BCUT2D eigenvalue weighted by molar-refractivity contribution is 5.83. The van der Waals surface area contributed by atoms with Crippen LogP contribution in [0.3, 0.4) is 0 Å². The van der Waals surface area contributed by atoms with Gasteiger partial charge < -0.3 is 5.73 Å². The zero-order valence-corrected chi connectivity index (χ0v) is 5.73. The molecule has 0 bridgehead atoms. The number of nitrogens with two attached hydrogens (primary N) is 1. The van der Waals surface area contributed by atoms with Crippen molar-refractivity contribution in [3.8, 4) is 0 Å². The summed E-state index contributed by atoms with van der Waals surface area (Å²) in [5.74, 6) is -0.122. The van der Waals surface area contributed by atoms with Gasteiger partial charge in [0.15, 0.2) is 0 Å². The fraction of sp³-hybridized carbons (Fsp3) is 0.600. The maximum atomic E-state index is 6.72. The van der Waals surface area contributed by atoms with Crippen molar-refractivity contribution >= 4 is 11.7 Å². The Hall–Kier alpha value is -1.06. The molecule has 0 atom stereocenters. The molecule has 0 saturated heterocycles. The monoisotopic (exact) mass is 128 g/mol. The van der Waals surface area contributed by atoms with E-state index in [4.69, 9.17) is 11.1 Å². The molecule has 9 heavy (non-hydrogen) atoms. The van der Waals surface area contributed by atoms with Gasteiger partial charge in [0.2, 0.25) is 5.96 Å². The van der Waals surface area contributed by atoms with E-state index in [1.54, 1.807) is 0 Å². The number of hydrazone groups is 1. The molecule has 0 aromatic heterocycles. The summed E-state index contributed by atoms with van der Waals surface area (Å²) in [6, 6.07) is 0. The van der Waals surface area contributed by atoms with Gasteiger partial charge in [0.05, 0.1) is 0 Å². The third-order valence-electron chi connectivity index (χ3n) is 0.879. The highest BCUT2D eigenvalue weighted by Crippen LogP contribution is 1.79. The van der Waals surface area contributed by atoms with E-state index in [1.165, 1.54) is 0 Å². The van der Waals surface area contributed by atoms with Gasteiger partial charge >= 0.3 is 0 Å². The first-order chi connectivity index (χ1) is 4.16. The van der Waals surface area contributed by atoms with Gasteiger partial charge in [0.1, 0.15) is 0 Å². The molecule has 0 rings (SSSR count). The number of guanidine groups is 1. The molecule has 0 aliphatic rings. The predicted octanol–water partition coefficient (Wildman–Crippen LogP) is 0.255. The Balaban J connectivity index is 3.56.